The van der Waals surface area contributed by atoms with Crippen LogP contribution in [0.4, 0.5) is 0 Å². The first-order valence-electron chi connectivity index (χ1n) is 12.7. The summed E-state index contributed by atoms with van der Waals surface area (Å²) >= 11 is 7.08. The van der Waals surface area contributed by atoms with E-state index in [1.165, 1.54) is 5.56 Å². The van der Waals surface area contributed by atoms with Gasteiger partial charge in [-0.25, -0.2) is 0 Å². The molecule has 196 valence electrons. The molecule has 0 aliphatic heterocycles. The second-order valence-electron chi connectivity index (χ2n) is 10.5. The molecular formula is C28H38ClN3O3S. The highest BCUT2D eigenvalue weighted by molar-refractivity contribution is 7.16. The molecule has 3 aromatic rings. The highest BCUT2D eigenvalue weighted by atomic mass is 35.5. The summed E-state index contributed by atoms with van der Waals surface area (Å²) in [7, 11) is 0. The van der Waals surface area contributed by atoms with Crippen LogP contribution in [0.3, 0.4) is 0 Å². The van der Waals surface area contributed by atoms with Gasteiger partial charge in [-0.1, -0.05) is 68.3 Å². The van der Waals surface area contributed by atoms with Crippen LogP contribution in [0.5, 0.6) is 5.75 Å². The summed E-state index contributed by atoms with van der Waals surface area (Å²) in [6.45, 7) is 9.48. The lowest BCUT2D eigenvalue weighted by Crippen LogP contribution is -2.39. The van der Waals surface area contributed by atoms with Crippen LogP contribution in [0.1, 0.15) is 57.6 Å². The largest absolute Gasteiger partial charge is 0.506 e. The third-order valence-electron chi connectivity index (χ3n) is 6.05. The molecule has 1 heterocycles. The van der Waals surface area contributed by atoms with E-state index in [0.29, 0.717) is 18.5 Å². The quantitative estimate of drug-likeness (QED) is 0.245. The maximum atomic E-state index is 13.0. The minimum Gasteiger partial charge on any atom is -0.506 e. The fraction of sp³-hybridized carbons (Fsp3) is 0.500. The van der Waals surface area contributed by atoms with Crippen molar-refractivity contribution in [2.45, 2.75) is 59.3 Å². The number of carbonyl (C=O) groups is 1. The van der Waals surface area contributed by atoms with Crippen molar-refractivity contribution in [1.29, 1.82) is 0 Å². The molecule has 1 aromatic heterocycles. The number of aromatic nitrogens is 1. The molecule has 0 bridgehead atoms. The lowest BCUT2D eigenvalue weighted by molar-refractivity contribution is -0.132. The predicted octanol–water partition coefficient (Wildman–Crippen LogP) is 5.76. The molecule has 0 radical (unpaired) electrons. The number of phenols is 1. The SMILES string of the molecule is CC(C)(C)CN(CCCCCc1ccc(O)c2[nH]c(=O)sc12)C(=O)CCNCCc1ccc(Cl)cc1. The number of nitrogens with one attached hydrogen (secondary N) is 2. The first-order valence-corrected chi connectivity index (χ1v) is 13.9. The average Bonchev–Trinajstić information content (AvgIpc) is 3.22. The monoisotopic (exact) mass is 531 g/mol. The van der Waals surface area contributed by atoms with Crippen molar-refractivity contribution in [3.63, 3.8) is 0 Å². The molecule has 6 nitrogen and oxygen atoms in total. The minimum atomic E-state index is -0.149. The number of halogens is 1. The summed E-state index contributed by atoms with van der Waals surface area (Å²) < 4.78 is 0.841. The van der Waals surface area contributed by atoms with Gasteiger partial charge in [0.1, 0.15) is 11.3 Å². The number of hydrogen-bond acceptors (Lipinski definition) is 5. The van der Waals surface area contributed by atoms with Crippen molar-refractivity contribution in [2.24, 2.45) is 5.41 Å². The van der Waals surface area contributed by atoms with Crippen LogP contribution in [0, 0.1) is 5.41 Å². The predicted molar refractivity (Wildman–Crippen MR) is 150 cm³/mol. The number of hydrogen-bond donors (Lipinski definition) is 3. The van der Waals surface area contributed by atoms with Crippen molar-refractivity contribution in [3.8, 4) is 5.75 Å². The van der Waals surface area contributed by atoms with Gasteiger partial charge in [-0.15, -0.1) is 0 Å². The molecule has 0 aliphatic carbocycles. The fourth-order valence-electron chi connectivity index (χ4n) is 4.29. The number of phenolic OH excluding ortho intramolecular Hbond substituents is 1. The van der Waals surface area contributed by atoms with Gasteiger partial charge >= 0.3 is 4.87 Å². The summed E-state index contributed by atoms with van der Waals surface area (Å²) in [6.07, 6.45) is 5.15. The Hall–Kier alpha value is -2.35. The van der Waals surface area contributed by atoms with Crippen molar-refractivity contribution in [1.82, 2.24) is 15.2 Å². The number of fused-ring (bicyclic) bond motifs is 1. The van der Waals surface area contributed by atoms with Crippen LogP contribution in [-0.4, -0.2) is 47.1 Å². The smallest absolute Gasteiger partial charge is 0.305 e. The van der Waals surface area contributed by atoms with Gasteiger partial charge in [-0.3, -0.25) is 9.59 Å². The topological polar surface area (TPSA) is 85.4 Å². The van der Waals surface area contributed by atoms with E-state index < -0.39 is 0 Å². The minimum absolute atomic E-state index is 0.0427. The summed E-state index contributed by atoms with van der Waals surface area (Å²) in [6, 6.07) is 11.4. The molecule has 3 rings (SSSR count). The zero-order valence-corrected chi connectivity index (χ0v) is 23.1. The molecule has 0 saturated carbocycles. The van der Waals surface area contributed by atoms with E-state index in [9.17, 15) is 14.7 Å². The molecule has 0 aliphatic rings. The van der Waals surface area contributed by atoms with E-state index in [0.717, 1.165) is 78.4 Å². The van der Waals surface area contributed by atoms with Crippen LogP contribution in [0.25, 0.3) is 10.2 Å². The zero-order valence-electron chi connectivity index (χ0n) is 21.5. The van der Waals surface area contributed by atoms with Gasteiger partial charge in [0.05, 0.1) is 4.70 Å². The van der Waals surface area contributed by atoms with Crippen molar-refractivity contribution in [2.75, 3.05) is 26.2 Å². The van der Waals surface area contributed by atoms with Crippen molar-refractivity contribution < 1.29 is 9.90 Å². The summed E-state index contributed by atoms with van der Waals surface area (Å²) in [4.78, 5) is 29.3. The summed E-state index contributed by atoms with van der Waals surface area (Å²) in [5.74, 6) is 0.309. The second-order valence-corrected chi connectivity index (χ2v) is 11.9. The molecule has 36 heavy (non-hydrogen) atoms. The first-order chi connectivity index (χ1) is 17.1. The third kappa shape index (κ3) is 8.95. The van der Waals surface area contributed by atoms with Crippen LogP contribution in [-0.2, 0) is 17.6 Å². The van der Waals surface area contributed by atoms with Gasteiger partial charge in [0.2, 0.25) is 5.91 Å². The molecule has 1 amide bonds. The Morgan fingerprint density at radius 1 is 1.06 bits per heavy atom. The van der Waals surface area contributed by atoms with E-state index >= 15 is 0 Å². The molecule has 0 saturated heterocycles. The van der Waals surface area contributed by atoms with E-state index in [1.54, 1.807) is 6.07 Å². The highest BCUT2D eigenvalue weighted by Gasteiger charge is 2.20. The maximum absolute atomic E-state index is 13.0. The number of thiazole rings is 1. The molecule has 2 aromatic carbocycles. The van der Waals surface area contributed by atoms with Gasteiger partial charge in [0, 0.05) is 31.1 Å². The number of benzene rings is 2. The standard InChI is InChI=1S/C28H38ClN3O3S/c1-28(2,3)19-32(24(34)15-17-30-16-14-20-8-11-22(29)12-9-20)18-6-4-5-7-21-10-13-23(33)25-26(21)36-27(35)31-25/h8-13,30,33H,4-7,14-19H2,1-3H3,(H,31,35). The molecule has 8 heteroatoms. The van der Waals surface area contributed by atoms with E-state index in [-0.39, 0.29) is 21.9 Å². The van der Waals surface area contributed by atoms with Crippen molar-refractivity contribution >= 4 is 39.1 Å². The number of nitrogens with zero attached hydrogens (tertiary/aromatic N) is 1. The van der Waals surface area contributed by atoms with Gasteiger partial charge in [0.15, 0.2) is 0 Å². The fourth-order valence-corrected chi connectivity index (χ4v) is 5.31. The van der Waals surface area contributed by atoms with Gasteiger partial charge in [-0.2, -0.15) is 0 Å². The third-order valence-corrected chi connectivity index (χ3v) is 7.26. The Morgan fingerprint density at radius 3 is 2.53 bits per heavy atom. The van der Waals surface area contributed by atoms with Gasteiger partial charge in [0.25, 0.3) is 0 Å². The van der Waals surface area contributed by atoms with Crippen LogP contribution in [0.2, 0.25) is 5.02 Å². The van der Waals surface area contributed by atoms with E-state index in [2.05, 4.69) is 31.1 Å². The van der Waals surface area contributed by atoms with Crippen molar-refractivity contribution in [3.05, 3.63) is 62.2 Å². The van der Waals surface area contributed by atoms with Crippen LogP contribution < -0.4 is 10.2 Å². The molecular weight excluding hydrogens is 494 g/mol. The number of H-pyrrole nitrogens is 1. The van der Waals surface area contributed by atoms with Crippen LogP contribution >= 0.6 is 22.9 Å². The number of unbranched alkanes of at least 4 members (excludes halogenated alkanes) is 2. The first kappa shape index (κ1) is 28.2. The van der Waals surface area contributed by atoms with Gasteiger partial charge in [-0.05, 0) is 67.0 Å². The Kier molecular flexibility index (Phi) is 10.4. The number of carbonyl (C=O) groups excluding carboxylic acids is 1. The number of aryl methyl sites for hydroxylation is 1. The lowest BCUT2D eigenvalue weighted by Gasteiger charge is -2.30. The molecule has 0 atom stereocenters. The Morgan fingerprint density at radius 2 is 1.81 bits per heavy atom. The number of aromatic hydroxyl groups is 1. The normalized spacial score (nSPS) is 11.8. The van der Waals surface area contributed by atoms with E-state index in [4.69, 9.17) is 11.6 Å². The second kappa shape index (κ2) is 13.3. The summed E-state index contributed by atoms with van der Waals surface area (Å²) in [5.41, 5.74) is 2.89. The molecule has 3 N–H and O–H groups in total. The Bertz CT molecular complexity index is 1180. The van der Waals surface area contributed by atoms with Gasteiger partial charge < -0.3 is 20.3 Å². The molecule has 0 fully saturated rings. The Balaban J connectivity index is 1.41. The molecule has 0 unspecified atom stereocenters. The number of amides is 1. The van der Waals surface area contributed by atoms with E-state index in [1.807, 2.05) is 35.2 Å². The number of aromatic amines is 1. The number of rotatable bonds is 13. The maximum Gasteiger partial charge on any atom is 0.305 e. The lowest BCUT2D eigenvalue weighted by atomic mass is 9.95. The summed E-state index contributed by atoms with van der Waals surface area (Å²) in [5, 5.41) is 14.1. The average molecular weight is 532 g/mol. The Labute approximate surface area is 222 Å². The molecule has 0 spiro atoms. The zero-order chi connectivity index (χ0) is 26.1. The van der Waals surface area contributed by atoms with Crippen LogP contribution in [0.15, 0.2) is 41.2 Å². The highest BCUT2D eigenvalue weighted by Crippen LogP contribution is 2.28.